The highest BCUT2D eigenvalue weighted by Crippen LogP contribution is 2.21. The van der Waals surface area contributed by atoms with E-state index in [9.17, 15) is 0 Å². The summed E-state index contributed by atoms with van der Waals surface area (Å²) in [6.07, 6.45) is 5.22. The number of aliphatic imine (C=N–C) groups is 1. The fourth-order valence-corrected chi connectivity index (χ4v) is 1.38. The maximum absolute atomic E-state index is 4.47. The monoisotopic (exact) mass is 157 g/mol. The largest absolute Gasteiger partial charge is 0.253 e. The Hall–Kier alpha value is -1.37. The molecule has 0 spiro atoms. The van der Waals surface area contributed by atoms with Gasteiger partial charge in [0.25, 0.3) is 0 Å². The molecule has 1 heteroatoms. The van der Waals surface area contributed by atoms with Crippen LogP contribution in [-0.2, 0) is 6.42 Å². The predicted molar refractivity (Wildman–Crippen MR) is 52.1 cm³/mol. The Morgan fingerprint density at radius 3 is 3.00 bits per heavy atom. The fourth-order valence-electron chi connectivity index (χ4n) is 1.38. The van der Waals surface area contributed by atoms with Crippen LogP contribution < -0.4 is 0 Å². The van der Waals surface area contributed by atoms with Gasteiger partial charge in [0.05, 0.1) is 5.69 Å². The number of fused-ring (bicyclic) bond motifs is 1. The Morgan fingerprint density at radius 2 is 2.08 bits per heavy atom. The topological polar surface area (TPSA) is 12.4 Å². The minimum atomic E-state index is 0.997. The maximum atomic E-state index is 4.47. The maximum Gasteiger partial charge on any atom is 0.0667 e. The first-order chi connectivity index (χ1) is 5.86. The van der Waals surface area contributed by atoms with Crippen molar-refractivity contribution in [2.75, 3.05) is 0 Å². The van der Waals surface area contributed by atoms with Crippen LogP contribution >= 0.6 is 0 Å². The summed E-state index contributed by atoms with van der Waals surface area (Å²) in [5.74, 6) is 0. The summed E-state index contributed by atoms with van der Waals surface area (Å²) in [6.45, 7) is 2.03. The molecule has 0 N–H and O–H groups in total. The van der Waals surface area contributed by atoms with Crippen molar-refractivity contribution in [1.82, 2.24) is 0 Å². The molecule has 1 nitrogen and oxygen atoms in total. The summed E-state index contributed by atoms with van der Waals surface area (Å²) in [6, 6.07) is 8.28. The molecule has 0 amide bonds. The van der Waals surface area contributed by atoms with Crippen molar-refractivity contribution in [2.24, 2.45) is 4.99 Å². The van der Waals surface area contributed by atoms with Crippen molar-refractivity contribution >= 4 is 11.4 Å². The summed E-state index contributed by atoms with van der Waals surface area (Å²) in [7, 11) is 0. The van der Waals surface area contributed by atoms with Gasteiger partial charge in [-0.15, -0.1) is 0 Å². The first kappa shape index (κ1) is 7.29. The van der Waals surface area contributed by atoms with E-state index in [1.165, 1.54) is 5.56 Å². The van der Waals surface area contributed by atoms with Gasteiger partial charge in [0.2, 0.25) is 0 Å². The van der Waals surface area contributed by atoms with Crippen molar-refractivity contribution in [1.29, 1.82) is 0 Å². The molecule has 1 aliphatic rings. The summed E-state index contributed by atoms with van der Waals surface area (Å²) in [5, 5.41) is 0. The molecular formula is C11H11N. The molecule has 2 rings (SSSR count). The molecular weight excluding hydrogens is 146 g/mol. The van der Waals surface area contributed by atoms with Gasteiger partial charge in [0.15, 0.2) is 0 Å². The number of hydrogen-bond donors (Lipinski definition) is 0. The first-order valence-electron chi connectivity index (χ1n) is 4.16. The molecule has 0 aromatic heterocycles. The molecule has 0 unspecified atom stereocenters. The number of nitrogens with zero attached hydrogens (tertiary/aromatic N) is 1. The third kappa shape index (κ3) is 1.30. The second kappa shape index (κ2) is 2.94. The number of para-hydroxylation sites is 1. The summed E-state index contributed by atoms with van der Waals surface area (Å²) >= 11 is 0. The molecule has 1 aromatic rings. The lowest BCUT2D eigenvalue weighted by molar-refractivity contribution is 1.27. The molecule has 0 radical (unpaired) electrons. The average molecular weight is 157 g/mol. The van der Waals surface area contributed by atoms with Crippen LogP contribution in [0.5, 0.6) is 0 Å². The Labute approximate surface area is 72.5 Å². The minimum Gasteiger partial charge on any atom is -0.253 e. The third-order valence-corrected chi connectivity index (χ3v) is 1.99. The van der Waals surface area contributed by atoms with E-state index in [0.29, 0.717) is 0 Å². The van der Waals surface area contributed by atoms with E-state index in [-0.39, 0.29) is 0 Å². The number of hydrogen-bond acceptors (Lipinski definition) is 1. The van der Waals surface area contributed by atoms with E-state index >= 15 is 0 Å². The van der Waals surface area contributed by atoms with Gasteiger partial charge in [-0.3, -0.25) is 4.99 Å². The average Bonchev–Trinajstić information content (AvgIpc) is 2.25. The summed E-state index contributed by atoms with van der Waals surface area (Å²) in [5.41, 5.74) is 3.51. The number of benzene rings is 1. The Kier molecular flexibility index (Phi) is 1.78. The molecule has 0 saturated carbocycles. The smallest absolute Gasteiger partial charge is 0.0667 e. The lowest BCUT2D eigenvalue weighted by Crippen LogP contribution is -1.80. The molecule has 60 valence electrons. The molecule has 0 saturated heterocycles. The molecule has 0 fully saturated rings. The normalized spacial score (nSPS) is 14.9. The van der Waals surface area contributed by atoms with Crippen molar-refractivity contribution in [2.45, 2.75) is 13.3 Å². The highest BCUT2D eigenvalue weighted by molar-refractivity contribution is 5.95. The van der Waals surface area contributed by atoms with Crippen molar-refractivity contribution in [3.05, 3.63) is 42.0 Å². The minimum absolute atomic E-state index is 0.997. The van der Waals surface area contributed by atoms with E-state index in [4.69, 9.17) is 0 Å². The van der Waals surface area contributed by atoms with Crippen LogP contribution in [0.15, 0.2) is 41.4 Å². The van der Waals surface area contributed by atoms with Crippen LogP contribution in [0.1, 0.15) is 12.5 Å². The van der Waals surface area contributed by atoms with Crippen LogP contribution in [-0.4, -0.2) is 5.71 Å². The lowest BCUT2D eigenvalue weighted by Gasteiger charge is -1.99. The molecule has 1 aliphatic heterocycles. The second-order valence-electron chi connectivity index (χ2n) is 2.99. The molecule has 0 bridgehead atoms. The zero-order chi connectivity index (χ0) is 8.39. The Morgan fingerprint density at radius 1 is 1.25 bits per heavy atom. The highest BCUT2D eigenvalue weighted by Gasteiger charge is 2.00. The molecule has 1 heterocycles. The quantitative estimate of drug-likeness (QED) is 0.549. The molecule has 0 atom stereocenters. The van der Waals surface area contributed by atoms with Crippen LogP contribution in [0, 0.1) is 0 Å². The lowest BCUT2D eigenvalue weighted by atomic mass is 10.1. The van der Waals surface area contributed by atoms with Crippen molar-refractivity contribution in [3.8, 4) is 0 Å². The molecule has 0 aliphatic carbocycles. The second-order valence-corrected chi connectivity index (χ2v) is 2.99. The first-order valence-corrected chi connectivity index (χ1v) is 4.16. The molecule has 1 aromatic carbocycles. The van der Waals surface area contributed by atoms with Gasteiger partial charge in [-0.1, -0.05) is 24.3 Å². The zero-order valence-electron chi connectivity index (χ0n) is 7.12. The standard InChI is InChI=1S/C11H11N/c1-9-5-4-7-10-6-2-3-8-11(10)12-9/h2-6,8H,7H2,1H3. The van der Waals surface area contributed by atoms with E-state index < -0.39 is 0 Å². The van der Waals surface area contributed by atoms with E-state index in [0.717, 1.165) is 17.8 Å². The van der Waals surface area contributed by atoms with Gasteiger partial charge in [0, 0.05) is 5.71 Å². The van der Waals surface area contributed by atoms with Crippen LogP contribution in [0.25, 0.3) is 0 Å². The van der Waals surface area contributed by atoms with E-state index in [2.05, 4.69) is 35.3 Å². The number of allylic oxidation sites excluding steroid dienone is 2. The molecule has 12 heavy (non-hydrogen) atoms. The Bertz CT molecular complexity index is 348. The van der Waals surface area contributed by atoms with E-state index in [1.54, 1.807) is 0 Å². The van der Waals surface area contributed by atoms with Gasteiger partial charge >= 0.3 is 0 Å². The van der Waals surface area contributed by atoms with Crippen LogP contribution in [0.3, 0.4) is 0 Å². The van der Waals surface area contributed by atoms with Crippen molar-refractivity contribution < 1.29 is 0 Å². The van der Waals surface area contributed by atoms with Gasteiger partial charge in [-0.2, -0.15) is 0 Å². The predicted octanol–water partition coefficient (Wildman–Crippen LogP) is 2.89. The summed E-state index contributed by atoms with van der Waals surface area (Å²) < 4.78 is 0. The highest BCUT2D eigenvalue weighted by atomic mass is 14.7. The van der Waals surface area contributed by atoms with Crippen LogP contribution in [0.4, 0.5) is 5.69 Å². The van der Waals surface area contributed by atoms with E-state index in [1.807, 2.05) is 13.0 Å². The third-order valence-electron chi connectivity index (χ3n) is 1.99. The zero-order valence-corrected chi connectivity index (χ0v) is 7.12. The van der Waals surface area contributed by atoms with Gasteiger partial charge in [-0.25, -0.2) is 0 Å². The summed E-state index contributed by atoms with van der Waals surface area (Å²) in [4.78, 5) is 4.47. The Balaban J connectivity index is 2.54. The number of rotatable bonds is 0. The van der Waals surface area contributed by atoms with Gasteiger partial charge in [-0.05, 0) is 31.1 Å². The SMILES string of the molecule is CC1=Nc2ccccc2CC=C1. The van der Waals surface area contributed by atoms with Gasteiger partial charge < -0.3 is 0 Å². The fraction of sp³-hybridized carbons (Fsp3) is 0.182. The van der Waals surface area contributed by atoms with Crippen LogP contribution in [0.2, 0.25) is 0 Å². The van der Waals surface area contributed by atoms with Crippen molar-refractivity contribution in [3.63, 3.8) is 0 Å². The van der Waals surface area contributed by atoms with Gasteiger partial charge in [0.1, 0.15) is 0 Å².